The molecule has 0 saturated heterocycles. The van der Waals surface area contributed by atoms with E-state index in [1.807, 2.05) is 19.1 Å². The Hall–Kier alpha value is -2.05. The molecule has 1 aliphatic carbocycles. The third kappa shape index (κ3) is 5.80. The Kier molecular flexibility index (Phi) is 7.32. The summed E-state index contributed by atoms with van der Waals surface area (Å²) in [5.74, 6) is 0.713. The highest BCUT2D eigenvalue weighted by atomic mass is 35.5. The molecule has 3 N–H and O–H groups in total. The second kappa shape index (κ2) is 9.61. The lowest BCUT2D eigenvalue weighted by Gasteiger charge is -2.33. The van der Waals surface area contributed by atoms with Gasteiger partial charge in [0.05, 0.1) is 12.2 Å². The van der Waals surface area contributed by atoms with Gasteiger partial charge in [-0.1, -0.05) is 32.4 Å². The number of hydrogen-bond donors (Lipinski definition) is 2. The molecular weight excluding hydrogens is 432 g/mol. The van der Waals surface area contributed by atoms with Crippen molar-refractivity contribution in [3.63, 3.8) is 0 Å². The monoisotopic (exact) mass is 462 g/mol. The third-order valence-electron chi connectivity index (χ3n) is 5.93. The average molecular weight is 463 g/mol. The summed E-state index contributed by atoms with van der Waals surface area (Å²) in [6, 6.07) is 5.46. The number of anilines is 1. The van der Waals surface area contributed by atoms with Gasteiger partial charge in [-0.25, -0.2) is 0 Å². The minimum Gasteiger partial charge on any atom is -0.493 e. The van der Waals surface area contributed by atoms with Crippen LogP contribution < -0.4 is 15.8 Å². The molecule has 0 fully saturated rings. The maximum absolute atomic E-state index is 12.5. The SMILES string of the molecule is Cc1cc(Cl)ccc1OCCCC(=O)Nc1sc2c(c1C(N)=O)CC[C@@H](C(C)(C)C)C2. The minimum absolute atomic E-state index is 0.134. The van der Waals surface area contributed by atoms with Crippen molar-refractivity contribution in [2.45, 2.75) is 59.8 Å². The average Bonchev–Trinajstić information content (AvgIpc) is 3.03. The predicted octanol–water partition coefficient (Wildman–Crippen LogP) is 5.76. The van der Waals surface area contributed by atoms with Crippen LogP contribution in [0.15, 0.2) is 18.2 Å². The van der Waals surface area contributed by atoms with E-state index in [1.165, 1.54) is 16.2 Å². The Labute approximate surface area is 193 Å². The molecule has 1 aromatic heterocycles. The molecule has 0 unspecified atom stereocenters. The zero-order valence-corrected chi connectivity index (χ0v) is 20.2. The van der Waals surface area contributed by atoms with E-state index in [4.69, 9.17) is 22.1 Å². The van der Waals surface area contributed by atoms with Crippen molar-refractivity contribution >= 4 is 39.8 Å². The summed E-state index contributed by atoms with van der Waals surface area (Å²) in [7, 11) is 0. The van der Waals surface area contributed by atoms with Crippen LogP contribution in [-0.4, -0.2) is 18.4 Å². The molecule has 5 nitrogen and oxygen atoms in total. The van der Waals surface area contributed by atoms with Crippen molar-refractivity contribution in [3.05, 3.63) is 44.8 Å². The van der Waals surface area contributed by atoms with Crippen LogP contribution in [0.2, 0.25) is 5.02 Å². The number of amides is 2. The molecule has 0 radical (unpaired) electrons. The van der Waals surface area contributed by atoms with Crippen LogP contribution in [0.3, 0.4) is 0 Å². The Bertz CT molecular complexity index is 978. The van der Waals surface area contributed by atoms with Gasteiger partial charge >= 0.3 is 0 Å². The lowest BCUT2D eigenvalue weighted by atomic mass is 9.72. The lowest BCUT2D eigenvalue weighted by Crippen LogP contribution is -2.27. The first-order chi connectivity index (χ1) is 14.6. The van der Waals surface area contributed by atoms with E-state index in [1.54, 1.807) is 6.07 Å². The molecule has 168 valence electrons. The number of carbonyl (C=O) groups excluding carboxylic acids is 2. The summed E-state index contributed by atoms with van der Waals surface area (Å²) >= 11 is 7.46. The summed E-state index contributed by atoms with van der Waals surface area (Å²) in [5, 5.41) is 4.18. The van der Waals surface area contributed by atoms with Gasteiger partial charge in [0, 0.05) is 16.3 Å². The molecule has 1 aliphatic rings. The topological polar surface area (TPSA) is 81.4 Å². The summed E-state index contributed by atoms with van der Waals surface area (Å²) in [4.78, 5) is 25.8. The first-order valence-corrected chi connectivity index (χ1v) is 11.9. The number of nitrogens with two attached hydrogens (primary N) is 1. The van der Waals surface area contributed by atoms with E-state index in [0.29, 0.717) is 41.0 Å². The number of benzene rings is 1. The van der Waals surface area contributed by atoms with Gasteiger partial charge in [-0.3, -0.25) is 9.59 Å². The van der Waals surface area contributed by atoms with Crippen LogP contribution in [0.25, 0.3) is 0 Å². The summed E-state index contributed by atoms with van der Waals surface area (Å²) in [6.07, 6.45) is 3.65. The fourth-order valence-electron chi connectivity index (χ4n) is 4.05. The summed E-state index contributed by atoms with van der Waals surface area (Å²) < 4.78 is 5.75. The predicted molar refractivity (Wildman–Crippen MR) is 127 cm³/mol. The van der Waals surface area contributed by atoms with E-state index in [2.05, 4.69) is 26.1 Å². The number of aryl methyl sites for hydroxylation is 1. The van der Waals surface area contributed by atoms with Crippen LogP contribution in [0.5, 0.6) is 5.75 Å². The minimum atomic E-state index is -0.469. The lowest BCUT2D eigenvalue weighted by molar-refractivity contribution is -0.116. The van der Waals surface area contributed by atoms with Gasteiger partial charge in [0.15, 0.2) is 0 Å². The van der Waals surface area contributed by atoms with Gasteiger partial charge in [-0.05, 0) is 73.3 Å². The maximum atomic E-state index is 12.5. The van der Waals surface area contributed by atoms with Crippen molar-refractivity contribution in [2.24, 2.45) is 17.1 Å². The Morgan fingerprint density at radius 1 is 1.32 bits per heavy atom. The molecule has 1 atom stereocenters. The number of ether oxygens (including phenoxy) is 1. The molecule has 0 aliphatic heterocycles. The van der Waals surface area contributed by atoms with Gasteiger partial charge in [-0.2, -0.15) is 0 Å². The van der Waals surface area contributed by atoms with Gasteiger partial charge < -0.3 is 15.8 Å². The van der Waals surface area contributed by atoms with Crippen LogP contribution in [0.4, 0.5) is 5.00 Å². The van der Waals surface area contributed by atoms with Gasteiger partial charge in [0.25, 0.3) is 5.91 Å². The van der Waals surface area contributed by atoms with E-state index in [0.717, 1.165) is 36.1 Å². The van der Waals surface area contributed by atoms with Crippen LogP contribution in [-0.2, 0) is 17.6 Å². The van der Waals surface area contributed by atoms with Crippen molar-refractivity contribution in [2.75, 3.05) is 11.9 Å². The number of carbonyl (C=O) groups is 2. The highest BCUT2D eigenvalue weighted by molar-refractivity contribution is 7.17. The highest BCUT2D eigenvalue weighted by Crippen LogP contribution is 2.44. The standard InChI is InChI=1S/C24H31ClN2O3S/c1-14-12-16(25)8-10-18(14)30-11-5-6-20(28)27-23-21(22(26)29)17-9-7-15(24(2,3)4)13-19(17)31-23/h8,10,12,15H,5-7,9,11,13H2,1-4H3,(H2,26,29)(H,27,28)/t15-/m1/s1. The van der Waals surface area contributed by atoms with E-state index < -0.39 is 5.91 Å². The molecule has 2 amide bonds. The summed E-state index contributed by atoms with van der Waals surface area (Å²) in [6.45, 7) is 9.11. The van der Waals surface area contributed by atoms with Crippen LogP contribution in [0, 0.1) is 18.3 Å². The maximum Gasteiger partial charge on any atom is 0.251 e. The Balaban J connectivity index is 1.59. The third-order valence-corrected chi connectivity index (χ3v) is 7.34. The number of nitrogens with one attached hydrogen (secondary N) is 1. The van der Waals surface area contributed by atoms with Crippen LogP contribution >= 0.6 is 22.9 Å². The first-order valence-electron chi connectivity index (χ1n) is 10.7. The van der Waals surface area contributed by atoms with Gasteiger partial charge in [0.2, 0.25) is 5.91 Å². The molecule has 7 heteroatoms. The summed E-state index contributed by atoms with van der Waals surface area (Å²) in [5.41, 5.74) is 8.36. The van der Waals surface area contributed by atoms with Crippen molar-refractivity contribution < 1.29 is 14.3 Å². The molecule has 3 rings (SSSR count). The zero-order valence-electron chi connectivity index (χ0n) is 18.6. The molecule has 0 saturated carbocycles. The second-order valence-electron chi connectivity index (χ2n) is 9.29. The Morgan fingerprint density at radius 2 is 2.06 bits per heavy atom. The van der Waals surface area contributed by atoms with Crippen molar-refractivity contribution in [1.29, 1.82) is 0 Å². The number of primary amides is 1. The molecule has 1 aromatic carbocycles. The number of thiophene rings is 1. The fraction of sp³-hybridized carbons (Fsp3) is 0.500. The molecule has 0 bridgehead atoms. The van der Waals surface area contributed by atoms with Gasteiger partial charge in [0.1, 0.15) is 10.8 Å². The first kappa shape index (κ1) is 23.6. The zero-order chi connectivity index (χ0) is 22.8. The second-order valence-corrected chi connectivity index (χ2v) is 10.8. The smallest absolute Gasteiger partial charge is 0.251 e. The molecule has 0 spiro atoms. The van der Waals surface area contributed by atoms with Crippen molar-refractivity contribution in [1.82, 2.24) is 0 Å². The quantitative estimate of drug-likeness (QED) is 0.513. The van der Waals surface area contributed by atoms with E-state index in [-0.39, 0.29) is 11.3 Å². The normalized spacial score (nSPS) is 16.0. The number of halogens is 1. The molecular formula is C24H31ClN2O3S. The molecule has 2 aromatic rings. The largest absolute Gasteiger partial charge is 0.493 e. The van der Waals surface area contributed by atoms with E-state index in [9.17, 15) is 9.59 Å². The van der Waals surface area contributed by atoms with Crippen LogP contribution in [0.1, 0.15) is 66.4 Å². The molecule has 31 heavy (non-hydrogen) atoms. The van der Waals surface area contributed by atoms with Gasteiger partial charge in [-0.15, -0.1) is 11.3 Å². The Morgan fingerprint density at radius 3 is 2.71 bits per heavy atom. The molecule has 1 heterocycles. The number of rotatable bonds is 7. The fourth-order valence-corrected chi connectivity index (χ4v) is 5.63. The number of fused-ring (bicyclic) bond motifs is 1. The van der Waals surface area contributed by atoms with Crippen molar-refractivity contribution in [3.8, 4) is 5.75 Å². The highest BCUT2D eigenvalue weighted by Gasteiger charge is 2.33. The number of hydrogen-bond acceptors (Lipinski definition) is 4. The van der Waals surface area contributed by atoms with E-state index >= 15 is 0 Å².